The second kappa shape index (κ2) is 6.23. The minimum absolute atomic E-state index is 0.234. The van der Waals surface area contributed by atoms with E-state index in [4.69, 9.17) is 0 Å². The van der Waals surface area contributed by atoms with E-state index in [-0.39, 0.29) is 12.0 Å². The van der Waals surface area contributed by atoms with Gasteiger partial charge in [0.25, 0.3) is 0 Å². The van der Waals surface area contributed by atoms with Gasteiger partial charge in [-0.25, -0.2) is 0 Å². The predicted molar refractivity (Wildman–Crippen MR) is 91.4 cm³/mol. The van der Waals surface area contributed by atoms with Crippen molar-refractivity contribution in [1.29, 1.82) is 0 Å². The number of hydrogen-bond acceptors (Lipinski definition) is 2. The number of aliphatic hydroxyl groups is 1. The van der Waals surface area contributed by atoms with Crippen LogP contribution in [0.3, 0.4) is 0 Å². The fraction of sp³-hybridized carbons (Fsp3) is 0.556. The van der Waals surface area contributed by atoms with Crippen molar-refractivity contribution in [2.75, 3.05) is 13.6 Å². The zero-order chi connectivity index (χ0) is 15.0. The summed E-state index contributed by atoms with van der Waals surface area (Å²) >= 11 is 3.60. The summed E-state index contributed by atoms with van der Waals surface area (Å²) in [4.78, 5) is 2.49. The highest BCUT2D eigenvalue weighted by Crippen LogP contribution is 2.40. The maximum Gasteiger partial charge on any atom is 0.0583 e. The van der Waals surface area contributed by atoms with E-state index in [1.807, 2.05) is 6.92 Å². The number of hydrogen-bond donors (Lipinski definition) is 1. The lowest BCUT2D eigenvalue weighted by molar-refractivity contribution is 0.162. The highest BCUT2D eigenvalue weighted by molar-refractivity contribution is 9.10. The first-order valence-electron chi connectivity index (χ1n) is 7.93. The number of benzene rings is 1. The van der Waals surface area contributed by atoms with Crippen LogP contribution < -0.4 is 0 Å². The summed E-state index contributed by atoms with van der Waals surface area (Å²) in [5.74, 6) is 0.234. The molecule has 0 spiro atoms. The Labute approximate surface area is 136 Å². The summed E-state index contributed by atoms with van der Waals surface area (Å²) in [6.07, 6.45) is 6.77. The number of fused-ring (bicyclic) bond motifs is 1. The van der Waals surface area contributed by atoms with Crippen molar-refractivity contribution in [3.63, 3.8) is 0 Å². The third-order valence-electron chi connectivity index (χ3n) is 5.09. The Balaban J connectivity index is 1.91. The molecule has 0 saturated carbocycles. The molecule has 0 radical (unpaired) electrons. The number of rotatable bonds is 3. The fourth-order valence-electron chi connectivity index (χ4n) is 3.78. The fourth-order valence-corrected chi connectivity index (χ4v) is 4.14. The molecule has 1 N–H and O–H groups in total. The largest absolute Gasteiger partial charge is 0.393 e. The van der Waals surface area contributed by atoms with Gasteiger partial charge in [-0.1, -0.05) is 28.1 Å². The van der Waals surface area contributed by atoms with Crippen LogP contribution in [-0.2, 0) is 0 Å². The van der Waals surface area contributed by atoms with Gasteiger partial charge in [-0.3, -0.25) is 0 Å². The quantitative estimate of drug-likeness (QED) is 0.884. The summed E-state index contributed by atoms with van der Waals surface area (Å²) in [7, 11) is 2.24. The first-order chi connectivity index (χ1) is 10.1. The second-order valence-electron chi connectivity index (χ2n) is 6.52. The van der Waals surface area contributed by atoms with Crippen LogP contribution in [0.5, 0.6) is 0 Å². The molecule has 1 saturated heterocycles. The zero-order valence-corrected chi connectivity index (χ0v) is 14.4. The van der Waals surface area contributed by atoms with E-state index < -0.39 is 0 Å². The van der Waals surface area contributed by atoms with Crippen molar-refractivity contribution in [3.05, 3.63) is 39.9 Å². The molecule has 2 aliphatic rings. The van der Waals surface area contributed by atoms with Crippen molar-refractivity contribution in [3.8, 4) is 0 Å². The van der Waals surface area contributed by atoms with Crippen molar-refractivity contribution in [2.45, 2.75) is 50.7 Å². The normalized spacial score (nSPS) is 27.3. The Bertz CT molecular complexity index is 552. The van der Waals surface area contributed by atoms with E-state index in [2.05, 4.69) is 52.2 Å². The van der Waals surface area contributed by atoms with Gasteiger partial charge in [0, 0.05) is 16.4 Å². The molecule has 0 amide bonds. The first kappa shape index (κ1) is 15.3. The van der Waals surface area contributed by atoms with Gasteiger partial charge >= 0.3 is 0 Å². The molecule has 1 aliphatic heterocycles. The maximum atomic E-state index is 10.1. The Hall–Kier alpha value is -0.640. The van der Waals surface area contributed by atoms with Gasteiger partial charge in [-0.2, -0.15) is 0 Å². The topological polar surface area (TPSA) is 23.5 Å². The second-order valence-corrected chi connectivity index (χ2v) is 7.44. The molecule has 1 aromatic rings. The van der Waals surface area contributed by atoms with E-state index in [0.717, 1.165) is 17.3 Å². The monoisotopic (exact) mass is 349 g/mol. The van der Waals surface area contributed by atoms with Crippen molar-refractivity contribution >= 4 is 21.5 Å². The van der Waals surface area contributed by atoms with Gasteiger partial charge in [-0.15, -0.1) is 0 Å². The van der Waals surface area contributed by atoms with Crippen LogP contribution in [0, 0.1) is 0 Å². The van der Waals surface area contributed by atoms with Gasteiger partial charge in [0.2, 0.25) is 0 Å². The van der Waals surface area contributed by atoms with Gasteiger partial charge in [-0.05, 0) is 75.0 Å². The minimum atomic E-state index is -0.295. The van der Waals surface area contributed by atoms with Crippen LogP contribution in [0.2, 0.25) is 0 Å². The molecule has 21 heavy (non-hydrogen) atoms. The number of nitrogens with zero attached hydrogens (tertiary/aromatic N) is 1. The molecular formula is C18H24BrNO. The molecule has 1 heterocycles. The van der Waals surface area contributed by atoms with E-state index in [9.17, 15) is 5.11 Å². The lowest BCUT2D eigenvalue weighted by Gasteiger charge is -2.30. The third-order valence-corrected chi connectivity index (χ3v) is 5.58. The predicted octanol–water partition coefficient (Wildman–Crippen LogP) is 4.18. The maximum absolute atomic E-state index is 10.1. The minimum Gasteiger partial charge on any atom is -0.393 e. The lowest BCUT2D eigenvalue weighted by atomic mass is 9.79. The molecule has 0 aromatic heterocycles. The average Bonchev–Trinajstić information content (AvgIpc) is 2.84. The van der Waals surface area contributed by atoms with Crippen molar-refractivity contribution in [1.82, 2.24) is 4.90 Å². The number of allylic oxidation sites excluding steroid dienone is 1. The molecule has 3 heteroatoms. The van der Waals surface area contributed by atoms with Crippen LogP contribution in [0.1, 0.15) is 49.7 Å². The molecule has 0 bridgehead atoms. The number of likely N-dealkylation sites (tertiary alicyclic amines) is 1. The van der Waals surface area contributed by atoms with Crippen LogP contribution in [0.15, 0.2) is 28.7 Å². The van der Waals surface area contributed by atoms with Gasteiger partial charge in [0.05, 0.1) is 6.10 Å². The van der Waals surface area contributed by atoms with E-state index in [1.54, 1.807) is 0 Å². The summed E-state index contributed by atoms with van der Waals surface area (Å²) in [5.41, 5.74) is 4.11. The summed E-state index contributed by atoms with van der Waals surface area (Å²) in [6, 6.07) is 7.18. The smallest absolute Gasteiger partial charge is 0.0583 e. The van der Waals surface area contributed by atoms with Crippen molar-refractivity contribution in [2.24, 2.45) is 0 Å². The molecule has 1 aliphatic carbocycles. The first-order valence-corrected chi connectivity index (χ1v) is 8.72. The van der Waals surface area contributed by atoms with E-state index in [1.165, 1.54) is 36.1 Å². The number of aliphatic hydroxyl groups excluding tert-OH is 1. The number of halogens is 1. The van der Waals surface area contributed by atoms with Gasteiger partial charge in [0.15, 0.2) is 0 Å². The Morgan fingerprint density at radius 1 is 1.43 bits per heavy atom. The molecule has 1 aromatic carbocycles. The van der Waals surface area contributed by atoms with E-state index in [0.29, 0.717) is 6.04 Å². The molecule has 3 rings (SSSR count). The van der Waals surface area contributed by atoms with Crippen LogP contribution in [-0.4, -0.2) is 35.7 Å². The Morgan fingerprint density at radius 2 is 2.24 bits per heavy atom. The SMILES string of the molecule is CC(O)C1CC=C(C[C@H]2CCCN2C)c2cc(Br)ccc21. The molecule has 3 atom stereocenters. The van der Waals surface area contributed by atoms with Crippen LogP contribution in [0.4, 0.5) is 0 Å². The third kappa shape index (κ3) is 3.10. The van der Waals surface area contributed by atoms with Crippen molar-refractivity contribution < 1.29 is 5.11 Å². The Kier molecular flexibility index (Phi) is 4.53. The zero-order valence-electron chi connectivity index (χ0n) is 12.8. The standard InChI is InChI=1S/C18H24BrNO/c1-12(21)16-7-5-13(10-15-4-3-9-20(15)2)18-11-14(19)6-8-17(16)18/h5-6,8,11-12,15-16,21H,3-4,7,9-10H2,1-2H3/t12?,15-,16?/m1/s1. The summed E-state index contributed by atoms with van der Waals surface area (Å²) in [6.45, 7) is 3.12. The lowest BCUT2D eigenvalue weighted by Crippen LogP contribution is -2.26. The molecule has 114 valence electrons. The van der Waals surface area contributed by atoms with Crippen LogP contribution in [0.25, 0.3) is 5.57 Å². The highest BCUT2D eigenvalue weighted by atomic mass is 79.9. The van der Waals surface area contributed by atoms with Gasteiger partial charge < -0.3 is 10.0 Å². The Morgan fingerprint density at radius 3 is 2.90 bits per heavy atom. The average molecular weight is 350 g/mol. The molecular weight excluding hydrogens is 326 g/mol. The molecule has 1 fully saturated rings. The molecule has 2 nitrogen and oxygen atoms in total. The molecule has 2 unspecified atom stereocenters. The summed E-state index contributed by atoms with van der Waals surface area (Å²) < 4.78 is 1.12. The van der Waals surface area contributed by atoms with Gasteiger partial charge in [0.1, 0.15) is 0 Å². The summed E-state index contributed by atoms with van der Waals surface area (Å²) in [5, 5.41) is 10.1. The highest BCUT2D eigenvalue weighted by Gasteiger charge is 2.28. The van der Waals surface area contributed by atoms with Crippen LogP contribution >= 0.6 is 15.9 Å². The van der Waals surface area contributed by atoms with E-state index >= 15 is 0 Å².